The lowest BCUT2D eigenvalue weighted by Gasteiger charge is -2.33. The molecule has 1 N–H and O–H groups in total. The maximum Gasteiger partial charge on any atom is 0.119 e. The first kappa shape index (κ1) is 14.5. The molecule has 3 nitrogen and oxygen atoms in total. The Kier molecular flexibility index (Phi) is 4.27. The summed E-state index contributed by atoms with van der Waals surface area (Å²) in [4.78, 5) is 1.25. The molecule has 2 unspecified atom stereocenters. The van der Waals surface area contributed by atoms with Crippen LogP contribution < -0.4 is 10.1 Å². The summed E-state index contributed by atoms with van der Waals surface area (Å²) < 4.78 is 10.8. The monoisotopic (exact) mass is 303 g/mol. The van der Waals surface area contributed by atoms with Gasteiger partial charge in [-0.15, -0.1) is 11.8 Å². The Bertz CT molecular complexity index is 623. The fourth-order valence-corrected chi connectivity index (χ4v) is 4.35. The van der Waals surface area contributed by atoms with Gasteiger partial charge in [0.25, 0.3) is 0 Å². The summed E-state index contributed by atoms with van der Waals surface area (Å²) in [6.45, 7) is 2.03. The molecule has 1 aromatic carbocycles. The number of benzene rings is 1. The zero-order chi connectivity index (χ0) is 14.8. The SMILES string of the molecule is CNC1c2ccc(OC)cc2CCC1Sc1ccoc1C. The van der Waals surface area contributed by atoms with Gasteiger partial charge in [0.2, 0.25) is 0 Å². The molecule has 1 aliphatic carbocycles. The Labute approximate surface area is 130 Å². The van der Waals surface area contributed by atoms with Gasteiger partial charge in [-0.2, -0.15) is 0 Å². The van der Waals surface area contributed by atoms with Crippen molar-refractivity contribution in [3.63, 3.8) is 0 Å². The van der Waals surface area contributed by atoms with E-state index in [1.807, 2.05) is 25.7 Å². The predicted molar refractivity (Wildman–Crippen MR) is 86.2 cm³/mol. The van der Waals surface area contributed by atoms with Gasteiger partial charge in [0.15, 0.2) is 0 Å². The molecule has 1 aliphatic rings. The van der Waals surface area contributed by atoms with Gasteiger partial charge in [0.1, 0.15) is 11.5 Å². The standard InChI is InChI=1S/C17H21NO2S/c1-11-15(8-9-20-11)21-16-7-4-12-10-13(19-3)5-6-14(12)17(16)18-2/h5-6,8-10,16-18H,4,7H2,1-3H3. The summed E-state index contributed by atoms with van der Waals surface area (Å²) in [7, 11) is 3.76. The zero-order valence-corrected chi connectivity index (χ0v) is 13.5. The van der Waals surface area contributed by atoms with Crippen molar-refractivity contribution >= 4 is 11.8 Å². The summed E-state index contributed by atoms with van der Waals surface area (Å²) in [5.41, 5.74) is 2.79. The van der Waals surface area contributed by atoms with Crippen LogP contribution >= 0.6 is 11.8 Å². The van der Waals surface area contributed by atoms with Crippen molar-refractivity contribution < 1.29 is 9.15 Å². The molecule has 0 radical (unpaired) electrons. The van der Waals surface area contributed by atoms with Gasteiger partial charge in [-0.05, 0) is 56.1 Å². The molecule has 2 aromatic rings. The number of methoxy groups -OCH3 is 1. The Balaban J connectivity index is 1.86. The van der Waals surface area contributed by atoms with E-state index in [2.05, 4.69) is 29.6 Å². The highest BCUT2D eigenvalue weighted by Gasteiger charge is 2.30. The topological polar surface area (TPSA) is 34.4 Å². The molecule has 112 valence electrons. The van der Waals surface area contributed by atoms with Crippen molar-refractivity contribution in [2.45, 2.75) is 36.0 Å². The first-order valence-electron chi connectivity index (χ1n) is 7.27. The highest BCUT2D eigenvalue weighted by atomic mass is 32.2. The summed E-state index contributed by atoms with van der Waals surface area (Å²) in [5.74, 6) is 1.95. The van der Waals surface area contributed by atoms with E-state index in [9.17, 15) is 0 Å². The van der Waals surface area contributed by atoms with E-state index in [1.54, 1.807) is 13.4 Å². The van der Waals surface area contributed by atoms with E-state index in [4.69, 9.17) is 9.15 Å². The number of ether oxygens (including phenoxy) is 1. The van der Waals surface area contributed by atoms with Gasteiger partial charge >= 0.3 is 0 Å². The van der Waals surface area contributed by atoms with Crippen LogP contribution in [0.1, 0.15) is 29.3 Å². The Morgan fingerprint density at radius 1 is 1.33 bits per heavy atom. The lowest BCUT2D eigenvalue weighted by Crippen LogP contribution is -2.32. The summed E-state index contributed by atoms with van der Waals surface area (Å²) in [5, 5.41) is 4.01. The number of thioether (sulfide) groups is 1. The van der Waals surface area contributed by atoms with Gasteiger partial charge in [-0.3, -0.25) is 0 Å². The number of furan rings is 1. The maximum atomic E-state index is 5.42. The van der Waals surface area contributed by atoms with E-state index >= 15 is 0 Å². The molecule has 0 spiro atoms. The molecular weight excluding hydrogens is 282 g/mol. The number of fused-ring (bicyclic) bond motifs is 1. The lowest BCUT2D eigenvalue weighted by molar-refractivity contribution is 0.412. The van der Waals surface area contributed by atoms with Crippen LogP contribution in [0.5, 0.6) is 5.75 Å². The smallest absolute Gasteiger partial charge is 0.119 e. The van der Waals surface area contributed by atoms with Gasteiger partial charge < -0.3 is 14.5 Å². The summed E-state index contributed by atoms with van der Waals surface area (Å²) in [6, 6.07) is 8.85. The molecule has 2 atom stereocenters. The highest BCUT2D eigenvalue weighted by molar-refractivity contribution is 8.00. The Morgan fingerprint density at radius 3 is 2.86 bits per heavy atom. The molecular formula is C17H21NO2S. The fourth-order valence-electron chi connectivity index (χ4n) is 3.02. The van der Waals surface area contributed by atoms with Crippen LogP contribution in [-0.4, -0.2) is 19.4 Å². The highest BCUT2D eigenvalue weighted by Crippen LogP contribution is 2.41. The van der Waals surface area contributed by atoms with E-state index in [0.717, 1.165) is 24.4 Å². The van der Waals surface area contributed by atoms with Crippen LogP contribution in [0.4, 0.5) is 0 Å². The molecule has 1 heterocycles. The number of aryl methyl sites for hydroxylation is 2. The zero-order valence-electron chi connectivity index (χ0n) is 12.7. The Morgan fingerprint density at radius 2 is 2.19 bits per heavy atom. The van der Waals surface area contributed by atoms with Crippen LogP contribution in [0.2, 0.25) is 0 Å². The maximum absolute atomic E-state index is 5.42. The van der Waals surface area contributed by atoms with E-state index in [1.165, 1.54) is 16.0 Å². The van der Waals surface area contributed by atoms with Gasteiger partial charge in [-0.25, -0.2) is 0 Å². The number of rotatable bonds is 4. The molecule has 0 fully saturated rings. The summed E-state index contributed by atoms with van der Waals surface area (Å²) in [6.07, 6.45) is 4.02. The van der Waals surface area contributed by atoms with E-state index in [0.29, 0.717) is 11.3 Å². The van der Waals surface area contributed by atoms with Crippen LogP contribution in [0.3, 0.4) is 0 Å². The molecule has 0 aliphatic heterocycles. The van der Waals surface area contributed by atoms with Crippen LogP contribution in [0.15, 0.2) is 39.8 Å². The third-order valence-electron chi connectivity index (χ3n) is 4.16. The van der Waals surface area contributed by atoms with E-state index in [-0.39, 0.29) is 0 Å². The predicted octanol–water partition coefficient (Wildman–Crippen LogP) is 3.96. The normalized spacial score (nSPS) is 21.1. The fraction of sp³-hybridized carbons (Fsp3) is 0.412. The van der Waals surface area contributed by atoms with Crippen molar-refractivity contribution in [2.75, 3.05) is 14.2 Å². The van der Waals surface area contributed by atoms with Gasteiger partial charge in [0.05, 0.1) is 13.4 Å². The Hall–Kier alpha value is -1.39. The van der Waals surface area contributed by atoms with E-state index < -0.39 is 0 Å². The lowest BCUT2D eigenvalue weighted by atomic mass is 9.87. The van der Waals surface area contributed by atoms with Crippen molar-refractivity contribution in [2.24, 2.45) is 0 Å². The van der Waals surface area contributed by atoms with Crippen LogP contribution in [-0.2, 0) is 6.42 Å². The average Bonchev–Trinajstić information content (AvgIpc) is 2.91. The molecule has 0 amide bonds. The first-order chi connectivity index (χ1) is 10.2. The molecule has 4 heteroatoms. The third-order valence-corrected chi connectivity index (χ3v) is 5.64. The number of hydrogen-bond donors (Lipinski definition) is 1. The first-order valence-corrected chi connectivity index (χ1v) is 8.15. The molecule has 1 aromatic heterocycles. The number of hydrogen-bond acceptors (Lipinski definition) is 4. The molecule has 0 saturated carbocycles. The largest absolute Gasteiger partial charge is 0.497 e. The average molecular weight is 303 g/mol. The minimum absolute atomic E-state index is 0.360. The van der Waals surface area contributed by atoms with Crippen molar-refractivity contribution in [1.82, 2.24) is 5.32 Å². The quantitative estimate of drug-likeness (QED) is 0.927. The second-order valence-corrected chi connectivity index (χ2v) is 6.65. The van der Waals surface area contributed by atoms with Crippen molar-refractivity contribution in [3.05, 3.63) is 47.4 Å². The van der Waals surface area contributed by atoms with Crippen LogP contribution in [0.25, 0.3) is 0 Å². The second-order valence-electron chi connectivity index (χ2n) is 5.37. The second kappa shape index (κ2) is 6.16. The molecule has 21 heavy (non-hydrogen) atoms. The van der Waals surface area contributed by atoms with Gasteiger partial charge in [0, 0.05) is 16.2 Å². The number of nitrogens with one attached hydrogen (secondary N) is 1. The molecule has 0 saturated heterocycles. The summed E-state index contributed by atoms with van der Waals surface area (Å²) >= 11 is 1.92. The molecule has 3 rings (SSSR count). The van der Waals surface area contributed by atoms with Crippen molar-refractivity contribution in [1.29, 1.82) is 0 Å². The molecule has 0 bridgehead atoms. The van der Waals surface area contributed by atoms with Crippen LogP contribution in [0, 0.1) is 6.92 Å². The van der Waals surface area contributed by atoms with Crippen molar-refractivity contribution in [3.8, 4) is 5.75 Å². The van der Waals surface area contributed by atoms with Gasteiger partial charge in [-0.1, -0.05) is 6.07 Å². The third kappa shape index (κ3) is 2.83. The minimum atomic E-state index is 0.360. The minimum Gasteiger partial charge on any atom is -0.497 e.